The van der Waals surface area contributed by atoms with Crippen LogP contribution in [0.3, 0.4) is 0 Å². The van der Waals surface area contributed by atoms with E-state index in [4.69, 9.17) is 5.73 Å². The number of hydrogen-bond acceptors (Lipinski definition) is 3. The van der Waals surface area contributed by atoms with E-state index in [9.17, 15) is 4.79 Å². The maximum atomic E-state index is 12.4. The molecule has 4 nitrogen and oxygen atoms in total. The fourth-order valence-corrected chi connectivity index (χ4v) is 2.60. The van der Waals surface area contributed by atoms with E-state index in [-0.39, 0.29) is 11.3 Å². The van der Waals surface area contributed by atoms with Crippen molar-refractivity contribution in [3.8, 4) is 0 Å². The van der Waals surface area contributed by atoms with Gasteiger partial charge in [-0.15, -0.1) is 0 Å². The zero-order valence-electron chi connectivity index (χ0n) is 12.4. The highest BCUT2D eigenvalue weighted by Crippen LogP contribution is 2.26. The lowest BCUT2D eigenvalue weighted by molar-refractivity contribution is -0.142. The number of likely N-dealkylation sites (tertiary alicyclic amines) is 1. The number of carbonyl (C=O) groups excluding carboxylic acids is 1. The minimum atomic E-state index is -0.367. The zero-order chi connectivity index (χ0) is 13.8. The van der Waals surface area contributed by atoms with Gasteiger partial charge < -0.3 is 15.5 Å². The fraction of sp³-hybridized carbons (Fsp3) is 0.929. The summed E-state index contributed by atoms with van der Waals surface area (Å²) < 4.78 is 0. The van der Waals surface area contributed by atoms with Gasteiger partial charge in [0, 0.05) is 26.2 Å². The molecule has 0 radical (unpaired) electrons. The number of piperidine rings is 1. The molecule has 106 valence electrons. The summed E-state index contributed by atoms with van der Waals surface area (Å²) >= 11 is 0. The van der Waals surface area contributed by atoms with E-state index < -0.39 is 0 Å². The maximum absolute atomic E-state index is 12.4. The third-order valence-electron chi connectivity index (χ3n) is 4.27. The molecular weight excluding hydrogens is 226 g/mol. The Morgan fingerprint density at radius 2 is 1.94 bits per heavy atom. The van der Waals surface area contributed by atoms with Gasteiger partial charge in [-0.1, -0.05) is 6.92 Å². The zero-order valence-corrected chi connectivity index (χ0v) is 12.4. The van der Waals surface area contributed by atoms with E-state index >= 15 is 0 Å². The third kappa shape index (κ3) is 3.69. The Morgan fingerprint density at radius 1 is 1.39 bits per heavy atom. The lowest BCUT2D eigenvalue weighted by Crippen LogP contribution is -2.49. The highest BCUT2D eigenvalue weighted by Gasteiger charge is 2.35. The van der Waals surface area contributed by atoms with Gasteiger partial charge >= 0.3 is 0 Å². The van der Waals surface area contributed by atoms with Crippen molar-refractivity contribution < 1.29 is 4.79 Å². The molecule has 1 heterocycles. The second kappa shape index (κ2) is 6.53. The molecule has 4 heteroatoms. The van der Waals surface area contributed by atoms with Gasteiger partial charge in [-0.05, 0) is 46.2 Å². The fourth-order valence-electron chi connectivity index (χ4n) is 2.60. The van der Waals surface area contributed by atoms with Crippen LogP contribution in [0.1, 0.15) is 33.1 Å². The van der Waals surface area contributed by atoms with Crippen molar-refractivity contribution in [2.45, 2.75) is 33.1 Å². The number of nitrogens with zero attached hydrogens (tertiary/aromatic N) is 2. The predicted octanol–water partition coefficient (Wildman–Crippen LogP) is 1.16. The first-order valence-corrected chi connectivity index (χ1v) is 7.07. The average Bonchev–Trinajstić information content (AvgIpc) is 2.37. The second-order valence-corrected chi connectivity index (χ2v) is 6.12. The van der Waals surface area contributed by atoms with Crippen LogP contribution >= 0.6 is 0 Å². The van der Waals surface area contributed by atoms with E-state index in [1.807, 2.05) is 18.7 Å². The first kappa shape index (κ1) is 15.4. The Bertz CT molecular complexity index is 266. The smallest absolute Gasteiger partial charge is 0.229 e. The van der Waals surface area contributed by atoms with E-state index in [1.165, 1.54) is 0 Å². The Hall–Kier alpha value is -0.610. The van der Waals surface area contributed by atoms with Crippen LogP contribution in [0, 0.1) is 11.3 Å². The van der Waals surface area contributed by atoms with Crippen LogP contribution in [-0.2, 0) is 4.79 Å². The molecule has 1 aliphatic heterocycles. The van der Waals surface area contributed by atoms with E-state index in [0.717, 1.165) is 44.8 Å². The monoisotopic (exact) mass is 255 g/mol. The van der Waals surface area contributed by atoms with Gasteiger partial charge in [-0.3, -0.25) is 4.79 Å². The molecule has 1 aliphatic rings. The number of amides is 1. The number of carbonyl (C=O) groups is 1. The first-order chi connectivity index (χ1) is 8.42. The van der Waals surface area contributed by atoms with Crippen molar-refractivity contribution in [3.05, 3.63) is 0 Å². The average molecular weight is 255 g/mol. The number of hydrogen-bond donors (Lipinski definition) is 1. The summed E-state index contributed by atoms with van der Waals surface area (Å²) in [5, 5.41) is 0. The van der Waals surface area contributed by atoms with Crippen molar-refractivity contribution in [1.29, 1.82) is 0 Å². The van der Waals surface area contributed by atoms with Crippen LogP contribution in [0.5, 0.6) is 0 Å². The molecule has 1 rings (SSSR count). The third-order valence-corrected chi connectivity index (χ3v) is 4.27. The lowest BCUT2D eigenvalue weighted by Gasteiger charge is -2.38. The quantitative estimate of drug-likeness (QED) is 0.802. The Morgan fingerprint density at radius 3 is 2.33 bits per heavy atom. The van der Waals surface area contributed by atoms with Crippen molar-refractivity contribution in [2.24, 2.45) is 17.1 Å². The highest BCUT2D eigenvalue weighted by atomic mass is 16.2. The van der Waals surface area contributed by atoms with Gasteiger partial charge in [-0.25, -0.2) is 0 Å². The summed E-state index contributed by atoms with van der Waals surface area (Å²) in [4.78, 5) is 16.7. The summed E-state index contributed by atoms with van der Waals surface area (Å²) in [7, 11) is 4.22. The van der Waals surface area contributed by atoms with E-state index in [1.54, 1.807) is 0 Å². The topological polar surface area (TPSA) is 49.6 Å². The van der Waals surface area contributed by atoms with Crippen molar-refractivity contribution in [1.82, 2.24) is 9.80 Å². The first-order valence-electron chi connectivity index (χ1n) is 7.07. The normalized spacial score (nSPS) is 21.1. The van der Waals surface area contributed by atoms with Gasteiger partial charge in [0.05, 0.1) is 5.41 Å². The molecule has 1 saturated heterocycles. The van der Waals surface area contributed by atoms with Crippen LogP contribution in [-0.4, -0.2) is 56.0 Å². The maximum Gasteiger partial charge on any atom is 0.229 e. The lowest BCUT2D eigenvalue weighted by atomic mass is 9.84. The van der Waals surface area contributed by atoms with E-state index in [2.05, 4.69) is 19.0 Å². The van der Waals surface area contributed by atoms with Crippen molar-refractivity contribution in [3.63, 3.8) is 0 Å². The molecule has 0 aromatic carbocycles. The molecule has 1 amide bonds. The minimum absolute atomic E-state index is 0.246. The Labute approximate surface area is 111 Å². The van der Waals surface area contributed by atoms with Crippen LogP contribution < -0.4 is 5.73 Å². The van der Waals surface area contributed by atoms with Gasteiger partial charge in [0.2, 0.25) is 5.91 Å². The largest absolute Gasteiger partial charge is 0.342 e. The molecular formula is C14H29N3O. The van der Waals surface area contributed by atoms with Gasteiger partial charge in [-0.2, -0.15) is 0 Å². The molecule has 0 spiro atoms. The number of nitrogens with two attached hydrogens (primary N) is 1. The van der Waals surface area contributed by atoms with Crippen molar-refractivity contribution >= 4 is 5.91 Å². The SMILES string of the molecule is CCC(C)(CN)C(=O)N1CCC(CN(C)C)CC1. The molecule has 0 aromatic rings. The summed E-state index contributed by atoms with van der Waals surface area (Å²) in [5.74, 6) is 0.977. The van der Waals surface area contributed by atoms with Gasteiger partial charge in [0.1, 0.15) is 0 Å². The Balaban J connectivity index is 2.50. The van der Waals surface area contributed by atoms with Crippen LogP contribution in [0.25, 0.3) is 0 Å². The van der Waals surface area contributed by atoms with Gasteiger partial charge in [0.25, 0.3) is 0 Å². The summed E-state index contributed by atoms with van der Waals surface area (Å²) in [5.41, 5.74) is 5.40. The molecule has 1 unspecified atom stereocenters. The minimum Gasteiger partial charge on any atom is -0.342 e. The molecule has 18 heavy (non-hydrogen) atoms. The molecule has 0 aliphatic carbocycles. The number of rotatable bonds is 5. The summed E-state index contributed by atoms with van der Waals surface area (Å²) in [6.07, 6.45) is 3.06. The molecule has 0 bridgehead atoms. The van der Waals surface area contributed by atoms with Crippen LogP contribution in [0.15, 0.2) is 0 Å². The van der Waals surface area contributed by atoms with Crippen molar-refractivity contribution in [2.75, 3.05) is 40.3 Å². The predicted molar refractivity (Wildman–Crippen MR) is 75.3 cm³/mol. The summed E-state index contributed by atoms with van der Waals surface area (Å²) in [6.45, 7) is 7.40. The molecule has 2 N–H and O–H groups in total. The summed E-state index contributed by atoms with van der Waals surface area (Å²) in [6, 6.07) is 0. The second-order valence-electron chi connectivity index (χ2n) is 6.12. The molecule has 1 atom stereocenters. The van der Waals surface area contributed by atoms with Crippen LogP contribution in [0.4, 0.5) is 0 Å². The Kier molecular flexibility index (Phi) is 5.60. The standard InChI is InChI=1S/C14H29N3O/c1-5-14(2,11-15)13(18)17-8-6-12(7-9-17)10-16(3)4/h12H,5-11,15H2,1-4H3. The molecule has 0 saturated carbocycles. The highest BCUT2D eigenvalue weighted by molar-refractivity contribution is 5.82. The molecule has 1 fully saturated rings. The van der Waals surface area contributed by atoms with Gasteiger partial charge in [0.15, 0.2) is 0 Å². The van der Waals surface area contributed by atoms with E-state index in [0.29, 0.717) is 6.54 Å². The molecule has 0 aromatic heterocycles. The van der Waals surface area contributed by atoms with Crippen LogP contribution in [0.2, 0.25) is 0 Å².